The molecule has 6 nitrogen and oxygen atoms in total. The van der Waals surface area contributed by atoms with Crippen molar-refractivity contribution in [1.82, 2.24) is 29.9 Å². The minimum atomic E-state index is -0.126. The Kier molecular flexibility index (Phi) is 17.3. The van der Waals surface area contributed by atoms with Gasteiger partial charge in [0.1, 0.15) is 0 Å². The van der Waals surface area contributed by atoms with E-state index in [1.54, 1.807) is 0 Å². The van der Waals surface area contributed by atoms with Gasteiger partial charge in [0.25, 0.3) is 0 Å². The van der Waals surface area contributed by atoms with Gasteiger partial charge in [-0.25, -0.2) is 29.9 Å². The van der Waals surface area contributed by atoms with Crippen LogP contribution in [0.4, 0.5) is 0 Å². The van der Waals surface area contributed by atoms with E-state index < -0.39 is 0 Å². The molecule has 4 aliphatic carbocycles. The summed E-state index contributed by atoms with van der Waals surface area (Å²) in [6.45, 7) is 18.7. The molecule has 6 heteroatoms. The SMILES string of the molecule is CC1(C)c2cc(-c3nc(-c4ccc(-c5ccccc5)cc4)nc4ccccc34)ccc2-c2cc3ccccc3cc21.CC1(C)c2cc(-c3nc4ccccc4nc3-c3ccc4c(ccc5ccccc54)c3)ccc2-c2cc3ccccc3cc21.CC1(C)c2ccccc2-c2ccc(-c3nc4ccccc4nc3-c3ccc4c(c3)C(C)(C)c3cc5ccccc5cc3-4)cc21. The number of para-hydroxylation sites is 5. The number of hydrogen-bond acceptors (Lipinski definition) is 6. The van der Waals surface area contributed by atoms with E-state index in [0.29, 0.717) is 0 Å². The van der Waals surface area contributed by atoms with Crippen molar-refractivity contribution in [2.75, 3.05) is 0 Å². The average molecular weight is 1640 g/mol. The van der Waals surface area contributed by atoms with Crippen LogP contribution < -0.4 is 0 Å². The molecule has 4 aliphatic rings. The first kappa shape index (κ1) is 76.2. The molecule has 128 heavy (non-hydrogen) atoms. The summed E-state index contributed by atoms with van der Waals surface area (Å²) < 4.78 is 0. The van der Waals surface area contributed by atoms with Crippen LogP contribution in [0.2, 0.25) is 0 Å². The normalized spacial score (nSPS) is 14.0. The predicted molar refractivity (Wildman–Crippen MR) is 534 cm³/mol. The van der Waals surface area contributed by atoms with Gasteiger partial charge in [0.15, 0.2) is 5.82 Å². The topological polar surface area (TPSA) is 77.3 Å². The highest BCUT2D eigenvalue weighted by molar-refractivity contribution is 6.09. The highest BCUT2D eigenvalue weighted by Gasteiger charge is 2.41. The first-order chi connectivity index (χ1) is 62.4. The highest BCUT2D eigenvalue weighted by Crippen LogP contribution is 2.57. The Bertz CT molecular complexity index is 8440. The standard InChI is InChI=1S/C42H32N2.C41H28N2.C39H28N2/c1-41(2)33-14-8-7-13-29(33)30-19-17-27(23-34(30)41)39-40(44-38-16-10-9-15-37(38)43-39)28-18-20-31-32-21-25-11-5-6-12-26(25)22-36(32)42(3,4)35(31)24-28;1-41(2)35-24-30(18-20-33(35)34-22-26-10-3-4-11-27(26)23-36(34)41)40-39(42-37-13-7-8-14-38(37)43-40)29-17-19-32-28(21-29)16-15-25-9-5-6-12-31(25)32;1-39(2)34-24-30(20-21-31(34)33-22-28-12-6-7-13-29(28)23-35(33)39)37-32-14-8-9-15-36(32)40-38(41-37)27-18-16-26(17-19-27)25-10-4-3-5-11-25/h5-24H,1-4H3;3-24H,1-2H3;3-24H,1-2H3. The molecule has 3 aromatic heterocycles. The van der Waals surface area contributed by atoms with Gasteiger partial charge in [0.2, 0.25) is 0 Å². The van der Waals surface area contributed by atoms with Crippen LogP contribution >= 0.6 is 0 Å². The molecular weight excluding hydrogens is 1550 g/mol. The molecule has 0 atom stereocenters. The lowest BCUT2D eigenvalue weighted by molar-refractivity contribution is 0.660. The second-order valence-electron chi connectivity index (χ2n) is 37.2. The highest BCUT2D eigenvalue weighted by atomic mass is 14.9. The maximum Gasteiger partial charge on any atom is 0.160 e. The van der Waals surface area contributed by atoms with E-state index in [4.69, 9.17) is 29.9 Å². The molecule has 0 aliphatic heterocycles. The molecular formula is C122H88N6. The predicted octanol–water partition coefficient (Wildman–Crippen LogP) is 31.5. The van der Waals surface area contributed by atoms with Crippen molar-refractivity contribution < 1.29 is 0 Å². The van der Waals surface area contributed by atoms with Crippen LogP contribution in [0.15, 0.2) is 388 Å². The zero-order valence-electron chi connectivity index (χ0n) is 72.6. The second kappa shape index (κ2) is 29.0. The third kappa shape index (κ3) is 12.3. The first-order valence-electron chi connectivity index (χ1n) is 44.6. The Labute approximate surface area is 744 Å². The minimum Gasteiger partial charge on any atom is -0.244 e. The molecule has 0 amide bonds. The van der Waals surface area contributed by atoms with Crippen LogP contribution in [0.5, 0.6) is 0 Å². The molecule has 0 unspecified atom stereocenters. The Morgan fingerprint density at radius 1 is 0.148 bits per heavy atom. The molecule has 0 spiro atoms. The smallest absolute Gasteiger partial charge is 0.160 e. The van der Waals surface area contributed by atoms with Gasteiger partial charge in [0.05, 0.1) is 56.1 Å². The maximum atomic E-state index is 5.30. The van der Waals surface area contributed by atoms with Gasteiger partial charge in [-0.05, 0) is 251 Å². The van der Waals surface area contributed by atoms with Crippen LogP contribution in [0.25, 0.3) is 210 Å². The number of benzene rings is 19. The molecule has 3 heterocycles. The second-order valence-corrected chi connectivity index (χ2v) is 37.2. The summed E-state index contributed by atoms with van der Waals surface area (Å²) in [5.41, 5.74) is 39.1. The summed E-state index contributed by atoms with van der Waals surface area (Å²) >= 11 is 0. The van der Waals surface area contributed by atoms with Crippen LogP contribution in [0.3, 0.4) is 0 Å². The van der Waals surface area contributed by atoms with Crippen molar-refractivity contribution >= 4 is 86.8 Å². The van der Waals surface area contributed by atoms with E-state index in [-0.39, 0.29) is 21.7 Å². The molecule has 0 N–H and O–H groups in total. The largest absolute Gasteiger partial charge is 0.244 e. The van der Waals surface area contributed by atoms with Crippen LogP contribution in [-0.4, -0.2) is 29.9 Å². The van der Waals surface area contributed by atoms with Crippen LogP contribution in [0, 0.1) is 0 Å². The molecule has 606 valence electrons. The summed E-state index contributed by atoms with van der Waals surface area (Å²) in [6.07, 6.45) is 0. The maximum absolute atomic E-state index is 5.30. The van der Waals surface area contributed by atoms with Gasteiger partial charge < -0.3 is 0 Å². The number of aromatic nitrogens is 6. The third-order valence-corrected chi connectivity index (χ3v) is 28.3. The van der Waals surface area contributed by atoms with Gasteiger partial charge in [0, 0.05) is 60.4 Å². The van der Waals surface area contributed by atoms with Crippen molar-refractivity contribution in [3.05, 3.63) is 433 Å². The average Bonchev–Trinajstić information content (AvgIpc) is 1.56. The molecule has 0 fully saturated rings. The van der Waals surface area contributed by atoms with Crippen molar-refractivity contribution in [2.24, 2.45) is 0 Å². The van der Waals surface area contributed by atoms with Crippen LogP contribution in [-0.2, 0) is 21.7 Å². The van der Waals surface area contributed by atoms with Gasteiger partial charge in [-0.3, -0.25) is 0 Å². The zero-order chi connectivity index (χ0) is 86.1. The lowest BCUT2D eigenvalue weighted by Crippen LogP contribution is -2.15. The van der Waals surface area contributed by atoms with Gasteiger partial charge in [-0.1, -0.05) is 347 Å². The summed E-state index contributed by atoms with van der Waals surface area (Å²) in [6, 6.07) is 140. The number of nitrogens with zero attached hydrogens (tertiary/aromatic N) is 6. The van der Waals surface area contributed by atoms with Crippen molar-refractivity contribution in [3.8, 4) is 123 Å². The molecule has 0 saturated carbocycles. The number of rotatable bonds is 7. The lowest BCUT2D eigenvalue weighted by atomic mass is 9.81. The Morgan fingerprint density at radius 2 is 0.438 bits per heavy atom. The monoisotopic (exact) mass is 1640 g/mol. The van der Waals surface area contributed by atoms with Gasteiger partial charge in [-0.15, -0.1) is 0 Å². The van der Waals surface area contributed by atoms with Crippen molar-refractivity contribution in [2.45, 2.75) is 77.0 Å². The molecule has 0 bridgehead atoms. The van der Waals surface area contributed by atoms with Gasteiger partial charge >= 0.3 is 0 Å². The Balaban J connectivity index is 0.000000107. The fraction of sp³-hybridized carbons (Fsp3) is 0.0984. The van der Waals surface area contributed by atoms with Crippen molar-refractivity contribution in [1.29, 1.82) is 0 Å². The van der Waals surface area contributed by atoms with E-state index in [2.05, 4.69) is 413 Å². The fourth-order valence-electron chi connectivity index (χ4n) is 21.4. The summed E-state index contributed by atoms with van der Waals surface area (Å²) in [5.74, 6) is 0.743. The Morgan fingerprint density at radius 3 is 0.891 bits per heavy atom. The van der Waals surface area contributed by atoms with E-state index in [9.17, 15) is 0 Å². The summed E-state index contributed by atoms with van der Waals surface area (Å²) in [4.78, 5) is 31.3. The van der Waals surface area contributed by atoms with Crippen LogP contribution in [0.1, 0.15) is 99.9 Å². The van der Waals surface area contributed by atoms with Crippen molar-refractivity contribution in [3.63, 3.8) is 0 Å². The van der Waals surface area contributed by atoms with Gasteiger partial charge in [-0.2, -0.15) is 0 Å². The number of hydrogen-bond donors (Lipinski definition) is 0. The van der Waals surface area contributed by atoms with E-state index in [1.807, 2.05) is 30.3 Å². The minimum absolute atomic E-state index is 0.0840. The summed E-state index contributed by atoms with van der Waals surface area (Å²) in [5, 5.41) is 13.7. The molecule has 26 rings (SSSR count). The zero-order valence-corrected chi connectivity index (χ0v) is 72.6. The van der Waals surface area contributed by atoms with E-state index >= 15 is 0 Å². The molecule has 0 radical (unpaired) electrons. The summed E-state index contributed by atoms with van der Waals surface area (Å²) in [7, 11) is 0. The Hall–Kier alpha value is -15.5. The molecule has 0 saturated heterocycles. The van der Waals surface area contributed by atoms with E-state index in [1.165, 1.54) is 154 Å². The van der Waals surface area contributed by atoms with E-state index in [0.717, 1.165) is 101 Å². The quantitative estimate of drug-likeness (QED) is 0.148. The lowest BCUT2D eigenvalue weighted by Gasteiger charge is -2.23. The molecule has 22 aromatic rings. The molecule has 19 aromatic carbocycles. The number of fused-ring (bicyclic) bond motifs is 21. The fourth-order valence-corrected chi connectivity index (χ4v) is 21.4. The third-order valence-electron chi connectivity index (χ3n) is 28.3. The first-order valence-corrected chi connectivity index (χ1v) is 44.6.